The van der Waals surface area contributed by atoms with Crippen LogP contribution in [0.5, 0.6) is 5.75 Å². The number of halogens is 2. The van der Waals surface area contributed by atoms with Crippen LogP contribution in [0.25, 0.3) is 0 Å². The molecule has 69 valence electrons. The van der Waals surface area contributed by atoms with Crippen LogP contribution in [0.3, 0.4) is 0 Å². The molecular formula is C8H5F2O3. The van der Waals surface area contributed by atoms with Crippen LogP contribution in [-0.2, 0) is 4.74 Å². The molecule has 3 nitrogen and oxygen atoms in total. The average Bonchev–Trinajstić information content (AvgIpc) is 2.13. The summed E-state index contributed by atoms with van der Waals surface area (Å²) in [5.41, 5.74) is 0. The van der Waals surface area contributed by atoms with Gasteiger partial charge in [0.15, 0.2) is 11.6 Å². The Kier molecular flexibility index (Phi) is 2.79. The van der Waals surface area contributed by atoms with Crippen molar-refractivity contribution in [2.75, 3.05) is 7.11 Å². The molecule has 0 aromatic heterocycles. The van der Waals surface area contributed by atoms with Crippen LogP contribution in [0.15, 0.2) is 12.1 Å². The van der Waals surface area contributed by atoms with E-state index in [0.29, 0.717) is 0 Å². The largest absolute Gasteiger partial charge is 0.513 e. The summed E-state index contributed by atoms with van der Waals surface area (Å²) in [7, 11) is 1.06. The van der Waals surface area contributed by atoms with Gasteiger partial charge in [-0.05, 0) is 12.1 Å². The number of ether oxygens (including phenoxy) is 2. The summed E-state index contributed by atoms with van der Waals surface area (Å²) in [5, 5.41) is 0. The van der Waals surface area contributed by atoms with E-state index in [0.717, 1.165) is 19.2 Å². The van der Waals surface area contributed by atoms with Crippen LogP contribution in [0.2, 0.25) is 0 Å². The minimum atomic E-state index is -1.27. The zero-order chi connectivity index (χ0) is 9.84. The van der Waals surface area contributed by atoms with Crippen LogP contribution in [0.1, 0.15) is 0 Å². The first kappa shape index (κ1) is 9.44. The van der Waals surface area contributed by atoms with E-state index in [4.69, 9.17) is 0 Å². The summed E-state index contributed by atoms with van der Waals surface area (Å²) in [5.74, 6) is -3.00. The molecule has 0 fully saturated rings. The Morgan fingerprint density at radius 3 is 2.85 bits per heavy atom. The highest BCUT2D eigenvalue weighted by Gasteiger charge is 2.12. The van der Waals surface area contributed by atoms with Gasteiger partial charge in [-0.2, -0.15) is 4.39 Å². The zero-order valence-electron chi connectivity index (χ0n) is 6.64. The highest BCUT2D eigenvalue weighted by molar-refractivity contribution is 5.63. The minimum absolute atomic E-state index is 0.619. The maximum absolute atomic E-state index is 12.8. The Hall–Kier alpha value is -1.65. The SMILES string of the molecule is COC(=O)Oc1[c]ccc(F)c1F. The molecule has 1 radical (unpaired) electrons. The van der Waals surface area contributed by atoms with Gasteiger partial charge in [0.2, 0.25) is 5.82 Å². The predicted molar refractivity (Wildman–Crippen MR) is 38.2 cm³/mol. The van der Waals surface area contributed by atoms with Gasteiger partial charge in [-0.25, -0.2) is 9.18 Å². The average molecular weight is 187 g/mol. The molecule has 0 amide bonds. The fourth-order valence-electron chi connectivity index (χ4n) is 0.635. The Morgan fingerprint density at radius 2 is 2.23 bits per heavy atom. The molecule has 1 aromatic rings. The van der Waals surface area contributed by atoms with E-state index in [1.165, 1.54) is 0 Å². The molecule has 1 rings (SSSR count). The zero-order valence-corrected chi connectivity index (χ0v) is 6.64. The number of benzene rings is 1. The van der Waals surface area contributed by atoms with Crippen LogP contribution in [0.4, 0.5) is 13.6 Å². The molecule has 0 aliphatic rings. The summed E-state index contributed by atoms with van der Waals surface area (Å²) < 4.78 is 33.6. The molecule has 0 aliphatic heterocycles. The quantitative estimate of drug-likeness (QED) is 0.497. The molecule has 0 heterocycles. The summed E-state index contributed by atoms with van der Waals surface area (Å²) in [6.45, 7) is 0. The second-order valence-corrected chi connectivity index (χ2v) is 2.02. The molecule has 0 spiro atoms. The third-order valence-corrected chi connectivity index (χ3v) is 1.21. The van der Waals surface area contributed by atoms with Crippen molar-refractivity contribution in [2.24, 2.45) is 0 Å². The smallest absolute Gasteiger partial charge is 0.437 e. The summed E-state index contributed by atoms with van der Waals surface area (Å²) >= 11 is 0. The van der Waals surface area contributed by atoms with Gasteiger partial charge in [0.25, 0.3) is 0 Å². The predicted octanol–water partition coefficient (Wildman–Crippen LogP) is 1.91. The Balaban J connectivity index is 2.89. The van der Waals surface area contributed by atoms with Crippen molar-refractivity contribution < 1.29 is 23.0 Å². The van der Waals surface area contributed by atoms with E-state index >= 15 is 0 Å². The monoisotopic (exact) mass is 187 g/mol. The summed E-state index contributed by atoms with van der Waals surface area (Å²) in [4.78, 5) is 10.5. The van der Waals surface area contributed by atoms with E-state index in [1.54, 1.807) is 0 Å². The second kappa shape index (κ2) is 3.84. The molecule has 5 heteroatoms. The maximum Gasteiger partial charge on any atom is 0.513 e. The van der Waals surface area contributed by atoms with Crippen molar-refractivity contribution >= 4 is 6.16 Å². The normalized spacial score (nSPS) is 9.46. The lowest BCUT2D eigenvalue weighted by atomic mass is 10.3. The lowest BCUT2D eigenvalue weighted by Gasteiger charge is -2.02. The van der Waals surface area contributed by atoms with Gasteiger partial charge in [0.05, 0.1) is 7.11 Å². The number of carbonyl (C=O) groups is 1. The lowest BCUT2D eigenvalue weighted by molar-refractivity contribution is 0.119. The number of hydrogen-bond donors (Lipinski definition) is 0. The molecule has 0 N–H and O–H groups in total. The highest BCUT2D eigenvalue weighted by atomic mass is 19.2. The first-order chi connectivity index (χ1) is 6.15. The van der Waals surface area contributed by atoms with Crippen molar-refractivity contribution in [3.8, 4) is 5.75 Å². The number of rotatable bonds is 1. The van der Waals surface area contributed by atoms with Crippen molar-refractivity contribution in [2.45, 2.75) is 0 Å². The van der Waals surface area contributed by atoms with Gasteiger partial charge in [0.1, 0.15) is 0 Å². The van der Waals surface area contributed by atoms with Crippen LogP contribution in [0, 0.1) is 17.7 Å². The van der Waals surface area contributed by atoms with E-state index < -0.39 is 23.5 Å². The number of methoxy groups -OCH3 is 1. The first-order valence-electron chi connectivity index (χ1n) is 3.26. The van der Waals surface area contributed by atoms with Crippen LogP contribution < -0.4 is 4.74 Å². The minimum Gasteiger partial charge on any atom is -0.437 e. The van der Waals surface area contributed by atoms with Crippen molar-refractivity contribution in [3.63, 3.8) is 0 Å². The lowest BCUT2D eigenvalue weighted by Crippen LogP contribution is -2.09. The van der Waals surface area contributed by atoms with E-state index in [2.05, 4.69) is 15.5 Å². The summed E-state index contributed by atoms with van der Waals surface area (Å²) in [6.07, 6.45) is -1.12. The van der Waals surface area contributed by atoms with Crippen molar-refractivity contribution in [3.05, 3.63) is 29.8 Å². The third kappa shape index (κ3) is 2.14. The maximum atomic E-state index is 12.8. The molecule has 0 atom stereocenters. The molecule has 0 bridgehead atoms. The number of carbonyl (C=O) groups excluding carboxylic acids is 1. The Bertz CT molecular complexity index is 325. The van der Waals surface area contributed by atoms with Gasteiger partial charge in [0, 0.05) is 6.07 Å². The Labute approximate surface area is 72.9 Å². The van der Waals surface area contributed by atoms with Gasteiger partial charge < -0.3 is 9.47 Å². The fourth-order valence-corrected chi connectivity index (χ4v) is 0.635. The third-order valence-electron chi connectivity index (χ3n) is 1.21. The van der Waals surface area contributed by atoms with Gasteiger partial charge >= 0.3 is 6.16 Å². The molecule has 1 aromatic carbocycles. The standard InChI is InChI=1S/C8H5F2O3/c1-12-8(11)13-6-4-2-3-5(9)7(6)10/h2-3H,1H3. The molecular weight excluding hydrogens is 182 g/mol. The molecule has 0 unspecified atom stereocenters. The molecule has 13 heavy (non-hydrogen) atoms. The number of hydrogen-bond acceptors (Lipinski definition) is 3. The molecule has 0 saturated carbocycles. The van der Waals surface area contributed by atoms with Gasteiger partial charge in [-0.3, -0.25) is 0 Å². The van der Waals surface area contributed by atoms with Gasteiger partial charge in [-0.15, -0.1) is 0 Å². The molecule has 0 saturated heterocycles. The van der Waals surface area contributed by atoms with Crippen molar-refractivity contribution in [1.82, 2.24) is 0 Å². The van der Waals surface area contributed by atoms with Gasteiger partial charge in [-0.1, -0.05) is 0 Å². The van der Waals surface area contributed by atoms with Crippen molar-refractivity contribution in [1.29, 1.82) is 0 Å². The molecule has 0 aliphatic carbocycles. The van der Waals surface area contributed by atoms with Crippen LogP contribution in [-0.4, -0.2) is 13.3 Å². The Morgan fingerprint density at radius 1 is 1.54 bits per heavy atom. The second-order valence-electron chi connectivity index (χ2n) is 2.02. The van der Waals surface area contributed by atoms with E-state index in [-0.39, 0.29) is 0 Å². The fraction of sp³-hybridized carbons (Fsp3) is 0.125. The topological polar surface area (TPSA) is 35.5 Å². The highest BCUT2D eigenvalue weighted by Crippen LogP contribution is 2.18. The summed E-state index contributed by atoms with van der Waals surface area (Å²) in [6, 6.07) is 4.16. The van der Waals surface area contributed by atoms with Crippen LogP contribution >= 0.6 is 0 Å². The van der Waals surface area contributed by atoms with E-state index in [9.17, 15) is 13.6 Å². The van der Waals surface area contributed by atoms with E-state index in [1.807, 2.05) is 0 Å². The first-order valence-corrected chi connectivity index (χ1v) is 3.26.